The molecule has 3 aromatic rings. The van der Waals surface area contributed by atoms with E-state index in [-0.39, 0.29) is 19.1 Å². The number of hydrogen-bond donors (Lipinski definition) is 4. The number of aryl methyl sites for hydroxylation is 2. The molecule has 0 atom stereocenters. The van der Waals surface area contributed by atoms with Gasteiger partial charge in [0.05, 0.1) is 34.4 Å². The number of aliphatic hydroxyl groups excluding tert-OH is 1. The molecule has 0 aliphatic carbocycles. The van der Waals surface area contributed by atoms with E-state index in [4.69, 9.17) is 5.11 Å². The van der Waals surface area contributed by atoms with E-state index < -0.39 is 0 Å². The largest absolute Gasteiger partial charge is 0.395 e. The van der Waals surface area contributed by atoms with Gasteiger partial charge in [0.2, 0.25) is 11.9 Å². The van der Waals surface area contributed by atoms with Crippen LogP contribution in [0.4, 0.5) is 17.3 Å². The highest BCUT2D eigenvalue weighted by Crippen LogP contribution is 2.29. The van der Waals surface area contributed by atoms with Gasteiger partial charge in [0, 0.05) is 24.1 Å². The fourth-order valence-corrected chi connectivity index (χ4v) is 3.49. The van der Waals surface area contributed by atoms with E-state index >= 15 is 0 Å². The van der Waals surface area contributed by atoms with E-state index in [1.165, 1.54) is 0 Å². The average molecular weight is 398 g/mol. The first kappa shape index (κ1) is 19.9. The fraction of sp³-hybridized carbons (Fsp3) is 0.263. The van der Waals surface area contributed by atoms with Gasteiger partial charge in [-0.15, -0.1) is 11.3 Å². The van der Waals surface area contributed by atoms with Gasteiger partial charge in [0.15, 0.2) is 0 Å². The van der Waals surface area contributed by atoms with Gasteiger partial charge in [-0.2, -0.15) is 0 Å². The molecule has 0 unspecified atom stereocenters. The molecule has 0 spiro atoms. The number of benzene rings is 1. The zero-order chi connectivity index (χ0) is 19.9. The van der Waals surface area contributed by atoms with Crippen LogP contribution in [0.25, 0.3) is 10.6 Å². The molecule has 2 aromatic heterocycles. The van der Waals surface area contributed by atoms with Crippen molar-refractivity contribution in [2.45, 2.75) is 13.8 Å². The third-order valence-corrected chi connectivity index (χ3v) is 4.86. The van der Waals surface area contributed by atoms with Crippen LogP contribution >= 0.6 is 11.3 Å². The maximum absolute atomic E-state index is 11.9. The molecule has 1 amide bonds. The average Bonchev–Trinajstić information content (AvgIpc) is 3.01. The SMILES string of the molecule is Cc1nc(C)c(-c2ccnc(Nc3cccc(NC(=O)CNCCO)c3)n2)s1. The maximum Gasteiger partial charge on any atom is 0.238 e. The van der Waals surface area contributed by atoms with E-state index in [1.54, 1.807) is 23.6 Å². The summed E-state index contributed by atoms with van der Waals surface area (Å²) in [6.07, 6.45) is 1.71. The lowest BCUT2D eigenvalue weighted by atomic mass is 10.2. The van der Waals surface area contributed by atoms with Crippen LogP contribution in [-0.2, 0) is 4.79 Å². The molecular weight excluding hydrogens is 376 g/mol. The van der Waals surface area contributed by atoms with Gasteiger partial charge in [-0.3, -0.25) is 4.79 Å². The van der Waals surface area contributed by atoms with Gasteiger partial charge < -0.3 is 21.1 Å². The number of aliphatic hydroxyl groups is 1. The Kier molecular flexibility index (Phi) is 6.64. The van der Waals surface area contributed by atoms with Crippen LogP contribution in [-0.4, -0.2) is 45.7 Å². The molecule has 0 saturated carbocycles. The maximum atomic E-state index is 11.9. The number of rotatable bonds is 8. The number of nitrogens with zero attached hydrogens (tertiary/aromatic N) is 3. The number of aromatic nitrogens is 3. The Morgan fingerprint density at radius 2 is 2.00 bits per heavy atom. The second-order valence-electron chi connectivity index (χ2n) is 6.07. The van der Waals surface area contributed by atoms with Crippen molar-refractivity contribution in [2.24, 2.45) is 0 Å². The Labute approximate surface area is 167 Å². The fourth-order valence-electron chi connectivity index (χ4n) is 2.60. The van der Waals surface area contributed by atoms with Crippen molar-refractivity contribution in [1.29, 1.82) is 0 Å². The lowest BCUT2D eigenvalue weighted by molar-refractivity contribution is -0.115. The number of hydrogen-bond acceptors (Lipinski definition) is 8. The number of carbonyl (C=O) groups is 1. The number of amides is 1. The molecule has 28 heavy (non-hydrogen) atoms. The normalized spacial score (nSPS) is 10.7. The number of thiazole rings is 1. The Balaban J connectivity index is 1.70. The summed E-state index contributed by atoms with van der Waals surface area (Å²) in [5.74, 6) is 0.288. The highest BCUT2D eigenvalue weighted by atomic mass is 32.1. The highest BCUT2D eigenvalue weighted by Gasteiger charge is 2.10. The zero-order valence-electron chi connectivity index (χ0n) is 15.7. The molecule has 0 aliphatic rings. The van der Waals surface area contributed by atoms with Crippen molar-refractivity contribution < 1.29 is 9.90 Å². The predicted octanol–water partition coefficient (Wildman–Crippen LogP) is 2.48. The Morgan fingerprint density at radius 1 is 1.18 bits per heavy atom. The van der Waals surface area contributed by atoms with E-state index in [1.807, 2.05) is 38.1 Å². The molecule has 0 aliphatic heterocycles. The van der Waals surface area contributed by atoms with Crippen molar-refractivity contribution in [1.82, 2.24) is 20.3 Å². The first-order chi connectivity index (χ1) is 13.5. The molecule has 146 valence electrons. The quantitative estimate of drug-likeness (QED) is 0.431. The van der Waals surface area contributed by atoms with Crippen LogP contribution in [0, 0.1) is 13.8 Å². The van der Waals surface area contributed by atoms with Gasteiger partial charge in [0.1, 0.15) is 0 Å². The van der Waals surface area contributed by atoms with Crippen molar-refractivity contribution in [3.05, 3.63) is 47.2 Å². The van der Waals surface area contributed by atoms with Crippen LogP contribution in [0.5, 0.6) is 0 Å². The van der Waals surface area contributed by atoms with Crippen LogP contribution in [0.3, 0.4) is 0 Å². The molecule has 9 heteroatoms. The third kappa shape index (κ3) is 5.32. The highest BCUT2D eigenvalue weighted by molar-refractivity contribution is 7.15. The van der Waals surface area contributed by atoms with Crippen molar-refractivity contribution >= 4 is 34.6 Å². The third-order valence-electron chi connectivity index (χ3n) is 3.77. The summed E-state index contributed by atoms with van der Waals surface area (Å²) in [4.78, 5) is 26.2. The van der Waals surface area contributed by atoms with E-state index in [9.17, 15) is 4.79 Å². The number of anilines is 3. The summed E-state index contributed by atoms with van der Waals surface area (Å²) in [5, 5.41) is 18.5. The summed E-state index contributed by atoms with van der Waals surface area (Å²) < 4.78 is 0. The van der Waals surface area contributed by atoms with Crippen LogP contribution < -0.4 is 16.0 Å². The molecule has 0 radical (unpaired) electrons. The first-order valence-corrected chi connectivity index (χ1v) is 9.63. The molecule has 0 saturated heterocycles. The van der Waals surface area contributed by atoms with E-state index in [0.717, 1.165) is 27.0 Å². The molecule has 8 nitrogen and oxygen atoms in total. The first-order valence-electron chi connectivity index (χ1n) is 8.81. The molecule has 0 bridgehead atoms. The summed E-state index contributed by atoms with van der Waals surface area (Å²) in [7, 11) is 0. The standard InChI is InChI=1S/C19H22N6O2S/c1-12-18(28-13(2)22-12)16-6-7-21-19(25-16)24-15-5-3-4-14(10-15)23-17(27)11-20-8-9-26/h3-7,10,20,26H,8-9,11H2,1-2H3,(H,23,27)(H,21,24,25). The molecule has 1 aromatic carbocycles. The Bertz CT molecular complexity index is 959. The molecule has 0 fully saturated rings. The van der Waals surface area contributed by atoms with Gasteiger partial charge in [0.25, 0.3) is 0 Å². The summed E-state index contributed by atoms with van der Waals surface area (Å²) in [5.41, 5.74) is 3.19. The number of nitrogens with one attached hydrogen (secondary N) is 3. The topological polar surface area (TPSA) is 112 Å². The van der Waals surface area contributed by atoms with Gasteiger partial charge in [-0.25, -0.2) is 15.0 Å². The molecule has 4 N–H and O–H groups in total. The van der Waals surface area contributed by atoms with Gasteiger partial charge in [-0.05, 0) is 38.1 Å². The number of carbonyl (C=O) groups excluding carboxylic acids is 1. The molecular formula is C19H22N6O2S. The second-order valence-corrected chi connectivity index (χ2v) is 7.27. The van der Waals surface area contributed by atoms with Crippen molar-refractivity contribution in [2.75, 3.05) is 30.3 Å². The van der Waals surface area contributed by atoms with Crippen LogP contribution in [0.15, 0.2) is 36.5 Å². The predicted molar refractivity (Wildman–Crippen MR) is 111 cm³/mol. The van der Waals surface area contributed by atoms with Crippen LogP contribution in [0.2, 0.25) is 0 Å². The van der Waals surface area contributed by atoms with E-state index in [2.05, 4.69) is 30.9 Å². The minimum atomic E-state index is -0.181. The van der Waals surface area contributed by atoms with Crippen molar-refractivity contribution in [3.63, 3.8) is 0 Å². The summed E-state index contributed by atoms with van der Waals surface area (Å²) in [6, 6.07) is 9.18. The summed E-state index contributed by atoms with van der Waals surface area (Å²) >= 11 is 1.60. The monoisotopic (exact) mass is 398 g/mol. The summed E-state index contributed by atoms with van der Waals surface area (Å²) in [6.45, 7) is 4.45. The zero-order valence-corrected chi connectivity index (χ0v) is 16.5. The Hall–Kier alpha value is -2.88. The lowest BCUT2D eigenvalue weighted by Crippen LogP contribution is -2.29. The van der Waals surface area contributed by atoms with Gasteiger partial charge in [-0.1, -0.05) is 6.07 Å². The van der Waals surface area contributed by atoms with Crippen molar-refractivity contribution in [3.8, 4) is 10.6 Å². The minimum Gasteiger partial charge on any atom is -0.395 e. The molecule has 2 heterocycles. The van der Waals surface area contributed by atoms with Crippen LogP contribution in [0.1, 0.15) is 10.7 Å². The molecule has 3 rings (SSSR count). The smallest absolute Gasteiger partial charge is 0.238 e. The minimum absolute atomic E-state index is 0.00756. The van der Waals surface area contributed by atoms with Gasteiger partial charge >= 0.3 is 0 Å². The second kappa shape index (κ2) is 9.36. The Morgan fingerprint density at radius 3 is 2.75 bits per heavy atom. The lowest BCUT2D eigenvalue weighted by Gasteiger charge is -2.09. The van der Waals surface area contributed by atoms with E-state index in [0.29, 0.717) is 18.2 Å².